The average molecular weight is 728 g/mol. The molecule has 0 aliphatic heterocycles. The smallest absolute Gasteiger partial charge is 0.0645 e. The largest absolute Gasteiger partial charge is 0.311 e. The zero-order chi connectivity index (χ0) is 41.2. The molecule has 1 heteroatoms. The Balaban J connectivity index is 1.09. The van der Waals surface area contributed by atoms with E-state index in [9.17, 15) is 5.48 Å². The molecule has 0 aliphatic carbocycles. The summed E-state index contributed by atoms with van der Waals surface area (Å²) in [6.45, 7) is 0. The number of benzene rings is 11. The minimum Gasteiger partial charge on any atom is -0.311 e. The summed E-state index contributed by atoms with van der Waals surface area (Å²) in [6, 6.07) is 68.1. The van der Waals surface area contributed by atoms with Gasteiger partial charge in [0.15, 0.2) is 0 Å². The lowest BCUT2D eigenvalue weighted by molar-refractivity contribution is 1.28. The Hall–Kier alpha value is -7.48. The van der Waals surface area contributed by atoms with Crippen LogP contribution >= 0.6 is 0 Å². The molecular formula is C56H37N. The SMILES string of the molecule is [2H]c1c([2H])c(N(c2ccc(-c3cc4ccccc4c4ccccc34)cc2)c2ccc(-c3cc4ccccc4c4ccccc34)cc2)c([2H])c([2H])c1-c1cccc2ccccc12. The van der Waals surface area contributed by atoms with Crippen molar-refractivity contribution in [3.63, 3.8) is 0 Å². The number of nitrogens with zero attached hydrogens (tertiary/aromatic N) is 1. The Kier molecular flexibility index (Phi) is 6.93. The van der Waals surface area contributed by atoms with Gasteiger partial charge in [-0.25, -0.2) is 0 Å². The summed E-state index contributed by atoms with van der Waals surface area (Å²) >= 11 is 0. The molecule has 266 valence electrons. The first-order chi connectivity index (χ1) is 29.9. The molecule has 0 N–H and O–H groups in total. The van der Waals surface area contributed by atoms with Crippen molar-refractivity contribution >= 4 is 70.9 Å². The van der Waals surface area contributed by atoms with Crippen LogP contribution in [-0.4, -0.2) is 0 Å². The minimum atomic E-state index is -0.113. The first-order valence-corrected chi connectivity index (χ1v) is 19.3. The number of rotatable bonds is 6. The van der Waals surface area contributed by atoms with Crippen LogP contribution in [0.4, 0.5) is 17.1 Å². The van der Waals surface area contributed by atoms with Crippen molar-refractivity contribution in [2.24, 2.45) is 0 Å². The highest BCUT2D eigenvalue weighted by Crippen LogP contribution is 2.41. The molecule has 1 nitrogen and oxygen atoms in total. The number of hydrogen-bond donors (Lipinski definition) is 0. The lowest BCUT2D eigenvalue weighted by atomic mass is 9.93. The molecule has 0 saturated carbocycles. The minimum absolute atomic E-state index is 0.0872. The highest BCUT2D eigenvalue weighted by atomic mass is 15.1. The molecule has 0 aliphatic rings. The Labute approximate surface area is 338 Å². The fraction of sp³-hybridized carbons (Fsp3) is 0. The van der Waals surface area contributed by atoms with Crippen LogP contribution in [0.3, 0.4) is 0 Å². The van der Waals surface area contributed by atoms with Crippen LogP contribution in [0.25, 0.3) is 87.2 Å². The van der Waals surface area contributed by atoms with E-state index >= 15 is 0 Å². The van der Waals surface area contributed by atoms with Gasteiger partial charge in [-0.15, -0.1) is 0 Å². The van der Waals surface area contributed by atoms with E-state index in [-0.39, 0.29) is 35.4 Å². The third-order valence-electron chi connectivity index (χ3n) is 11.3. The van der Waals surface area contributed by atoms with E-state index in [0.29, 0.717) is 5.56 Å². The fourth-order valence-electron chi connectivity index (χ4n) is 8.57. The van der Waals surface area contributed by atoms with Crippen molar-refractivity contribution in [1.82, 2.24) is 0 Å². The molecule has 11 aromatic rings. The fourth-order valence-corrected chi connectivity index (χ4v) is 8.57. The van der Waals surface area contributed by atoms with Crippen molar-refractivity contribution in [3.05, 3.63) is 224 Å². The first-order valence-electron chi connectivity index (χ1n) is 21.3. The molecule has 0 unspecified atom stereocenters. The lowest BCUT2D eigenvalue weighted by Crippen LogP contribution is -2.09. The van der Waals surface area contributed by atoms with Crippen LogP contribution in [0.1, 0.15) is 5.48 Å². The second-order valence-corrected chi connectivity index (χ2v) is 14.6. The van der Waals surface area contributed by atoms with Crippen molar-refractivity contribution in [2.75, 3.05) is 4.90 Å². The number of hydrogen-bond acceptors (Lipinski definition) is 1. The first kappa shape index (κ1) is 28.9. The predicted octanol–water partition coefficient (Wildman–Crippen LogP) is 15.9. The van der Waals surface area contributed by atoms with Gasteiger partial charge in [-0.3, -0.25) is 0 Å². The molecule has 11 rings (SSSR count). The summed E-state index contributed by atoms with van der Waals surface area (Å²) < 4.78 is 38.2. The van der Waals surface area contributed by atoms with E-state index in [1.165, 1.54) is 21.5 Å². The van der Waals surface area contributed by atoms with Crippen LogP contribution in [0, 0.1) is 0 Å². The molecule has 0 radical (unpaired) electrons. The molecule has 0 fully saturated rings. The van der Waals surface area contributed by atoms with Crippen LogP contribution < -0.4 is 4.90 Å². The van der Waals surface area contributed by atoms with Gasteiger partial charge in [-0.1, -0.05) is 176 Å². The van der Waals surface area contributed by atoms with E-state index in [1.807, 2.05) is 71.6 Å². The molecule has 0 spiro atoms. The molecule has 0 atom stereocenters. The summed E-state index contributed by atoms with van der Waals surface area (Å²) in [6.07, 6.45) is 0. The number of anilines is 3. The molecule has 0 heterocycles. The van der Waals surface area contributed by atoms with Crippen LogP contribution in [-0.2, 0) is 0 Å². The van der Waals surface area contributed by atoms with Crippen molar-refractivity contribution < 1.29 is 5.48 Å². The Morgan fingerprint density at radius 3 is 1.18 bits per heavy atom. The maximum absolute atomic E-state index is 9.62. The van der Waals surface area contributed by atoms with Gasteiger partial charge in [0.05, 0.1) is 5.48 Å². The Morgan fingerprint density at radius 1 is 0.263 bits per heavy atom. The van der Waals surface area contributed by atoms with E-state index in [0.717, 1.165) is 65.9 Å². The summed E-state index contributed by atoms with van der Waals surface area (Å²) in [7, 11) is 0. The van der Waals surface area contributed by atoms with Crippen LogP contribution in [0.2, 0.25) is 0 Å². The normalized spacial score (nSPS) is 12.5. The van der Waals surface area contributed by atoms with E-state index in [4.69, 9.17) is 0 Å². The van der Waals surface area contributed by atoms with Crippen molar-refractivity contribution in [2.45, 2.75) is 0 Å². The van der Waals surface area contributed by atoms with E-state index in [1.54, 1.807) is 0 Å². The van der Waals surface area contributed by atoms with Gasteiger partial charge in [-0.2, -0.15) is 0 Å². The molecule has 0 bridgehead atoms. The highest BCUT2D eigenvalue weighted by molar-refractivity contribution is 6.15. The molecular weight excluding hydrogens is 687 g/mol. The maximum Gasteiger partial charge on any atom is 0.0645 e. The van der Waals surface area contributed by atoms with Gasteiger partial charge >= 0.3 is 0 Å². The monoisotopic (exact) mass is 727 g/mol. The summed E-state index contributed by atoms with van der Waals surface area (Å²) in [5.74, 6) is 0. The molecule has 0 aromatic heterocycles. The lowest BCUT2D eigenvalue weighted by Gasteiger charge is -2.26. The van der Waals surface area contributed by atoms with E-state index < -0.39 is 0 Å². The maximum atomic E-state index is 9.62. The highest BCUT2D eigenvalue weighted by Gasteiger charge is 2.16. The summed E-state index contributed by atoms with van der Waals surface area (Å²) in [4.78, 5) is 1.87. The number of fused-ring (bicyclic) bond motifs is 7. The van der Waals surface area contributed by atoms with Crippen molar-refractivity contribution in [1.29, 1.82) is 0 Å². The third kappa shape index (κ3) is 5.72. The molecule has 0 amide bonds. The van der Waals surface area contributed by atoms with Gasteiger partial charge in [-0.05, 0) is 136 Å². The molecule has 11 aromatic carbocycles. The second kappa shape index (κ2) is 13.7. The summed E-state index contributed by atoms with van der Waals surface area (Å²) in [5, 5.41) is 11.3. The Bertz CT molecular complexity index is 3320. The van der Waals surface area contributed by atoms with Gasteiger partial charge < -0.3 is 4.90 Å². The third-order valence-corrected chi connectivity index (χ3v) is 11.3. The van der Waals surface area contributed by atoms with Gasteiger partial charge in [0.1, 0.15) is 0 Å². The summed E-state index contributed by atoms with van der Waals surface area (Å²) in [5.41, 5.74) is 6.88. The zero-order valence-corrected chi connectivity index (χ0v) is 31.0. The van der Waals surface area contributed by atoms with Crippen LogP contribution in [0.15, 0.2) is 224 Å². The quantitative estimate of drug-likeness (QED) is 0.154. The average Bonchev–Trinajstić information content (AvgIpc) is 3.32. The van der Waals surface area contributed by atoms with Gasteiger partial charge in [0, 0.05) is 17.1 Å². The predicted molar refractivity (Wildman–Crippen MR) is 245 cm³/mol. The van der Waals surface area contributed by atoms with Gasteiger partial charge in [0.2, 0.25) is 0 Å². The van der Waals surface area contributed by atoms with Gasteiger partial charge in [0.25, 0.3) is 0 Å². The standard InChI is InChI=1S/C56H37N/c1-4-16-47-38(12-1)15-11-23-48(47)39-24-30-44(31-25-39)57(45-32-26-40(27-33-45)55-36-42-13-2-5-17-49(42)51-19-7-9-21-53(51)55)46-34-28-41(29-35-46)56-37-43-14-3-6-18-50(43)52-20-8-10-22-54(52)56/h1-37H/i24D,25D,30D,31D. The zero-order valence-electron chi connectivity index (χ0n) is 35.0. The molecule has 57 heavy (non-hydrogen) atoms. The molecule has 0 saturated heterocycles. The van der Waals surface area contributed by atoms with E-state index in [2.05, 4.69) is 133 Å². The van der Waals surface area contributed by atoms with Crippen LogP contribution in [0.5, 0.6) is 0 Å². The second-order valence-electron chi connectivity index (χ2n) is 14.6. The van der Waals surface area contributed by atoms with Crippen molar-refractivity contribution in [3.8, 4) is 33.4 Å². The Morgan fingerprint density at radius 2 is 0.667 bits per heavy atom. The topological polar surface area (TPSA) is 3.24 Å².